The third-order valence-electron chi connectivity index (χ3n) is 2.09. The SMILES string of the molecule is CCc1cc2cc(N)sc2cc1F. The van der Waals surface area contributed by atoms with E-state index in [9.17, 15) is 4.39 Å². The minimum atomic E-state index is -0.128. The van der Waals surface area contributed by atoms with E-state index in [1.807, 2.05) is 19.1 Å². The number of fused-ring (bicyclic) bond motifs is 1. The zero-order chi connectivity index (χ0) is 9.42. The summed E-state index contributed by atoms with van der Waals surface area (Å²) in [6, 6.07) is 5.32. The van der Waals surface area contributed by atoms with Crippen LogP contribution in [-0.2, 0) is 6.42 Å². The van der Waals surface area contributed by atoms with Gasteiger partial charge in [0.2, 0.25) is 0 Å². The second-order valence-electron chi connectivity index (χ2n) is 2.98. The maximum atomic E-state index is 13.3. The normalized spacial score (nSPS) is 10.9. The Bertz CT molecular complexity index is 447. The van der Waals surface area contributed by atoms with Crippen molar-refractivity contribution in [2.24, 2.45) is 0 Å². The lowest BCUT2D eigenvalue weighted by atomic mass is 10.1. The van der Waals surface area contributed by atoms with E-state index in [-0.39, 0.29) is 5.82 Å². The fraction of sp³-hybridized carbons (Fsp3) is 0.200. The molecule has 1 aromatic heterocycles. The predicted octanol–water partition coefficient (Wildman–Crippen LogP) is 3.19. The molecule has 0 aliphatic heterocycles. The van der Waals surface area contributed by atoms with Gasteiger partial charge in [0.15, 0.2) is 0 Å². The number of benzene rings is 1. The van der Waals surface area contributed by atoms with Gasteiger partial charge in [-0.3, -0.25) is 0 Å². The number of nitrogen functional groups attached to an aromatic ring is 1. The maximum absolute atomic E-state index is 13.3. The second-order valence-corrected chi connectivity index (χ2v) is 4.10. The Kier molecular flexibility index (Phi) is 1.96. The van der Waals surface area contributed by atoms with Crippen LogP contribution >= 0.6 is 11.3 Å². The van der Waals surface area contributed by atoms with E-state index in [4.69, 9.17) is 5.73 Å². The van der Waals surface area contributed by atoms with Crippen LogP contribution in [-0.4, -0.2) is 0 Å². The molecule has 0 fully saturated rings. The summed E-state index contributed by atoms with van der Waals surface area (Å²) in [5.74, 6) is -0.128. The van der Waals surface area contributed by atoms with E-state index in [0.717, 1.165) is 27.1 Å². The first kappa shape index (κ1) is 8.51. The highest BCUT2D eigenvalue weighted by Gasteiger charge is 2.05. The molecule has 13 heavy (non-hydrogen) atoms. The number of thiophene rings is 1. The number of hydrogen-bond donors (Lipinski definition) is 1. The standard InChI is InChI=1S/C10H10FNS/c1-2-6-3-7-4-10(12)13-9(7)5-8(6)11/h3-5H,2,12H2,1H3. The zero-order valence-corrected chi connectivity index (χ0v) is 8.12. The topological polar surface area (TPSA) is 26.0 Å². The minimum Gasteiger partial charge on any atom is -0.391 e. The molecule has 68 valence electrons. The van der Waals surface area contributed by atoms with Crippen LogP contribution < -0.4 is 5.73 Å². The van der Waals surface area contributed by atoms with E-state index in [0.29, 0.717) is 0 Å². The molecule has 0 aliphatic carbocycles. The Balaban J connectivity index is 2.72. The van der Waals surface area contributed by atoms with Gasteiger partial charge in [0.1, 0.15) is 5.82 Å². The molecule has 0 saturated carbocycles. The number of rotatable bonds is 1. The van der Waals surface area contributed by atoms with E-state index in [1.165, 1.54) is 11.3 Å². The summed E-state index contributed by atoms with van der Waals surface area (Å²) < 4.78 is 14.2. The van der Waals surface area contributed by atoms with Crippen molar-refractivity contribution in [3.63, 3.8) is 0 Å². The summed E-state index contributed by atoms with van der Waals surface area (Å²) in [4.78, 5) is 0. The molecule has 2 aromatic rings. The Morgan fingerprint density at radius 1 is 1.38 bits per heavy atom. The van der Waals surface area contributed by atoms with Gasteiger partial charge >= 0.3 is 0 Å². The molecule has 3 heteroatoms. The van der Waals surface area contributed by atoms with Crippen molar-refractivity contribution in [2.75, 3.05) is 5.73 Å². The van der Waals surface area contributed by atoms with E-state index in [1.54, 1.807) is 6.07 Å². The first-order valence-electron chi connectivity index (χ1n) is 4.18. The van der Waals surface area contributed by atoms with Gasteiger partial charge in [-0.1, -0.05) is 6.92 Å². The van der Waals surface area contributed by atoms with Crippen LogP contribution in [0, 0.1) is 5.82 Å². The lowest BCUT2D eigenvalue weighted by Gasteiger charge is -1.98. The Morgan fingerprint density at radius 2 is 2.15 bits per heavy atom. The molecule has 0 bridgehead atoms. The average Bonchev–Trinajstić information content (AvgIpc) is 2.42. The van der Waals surface area contributed by atoms with Gasteiger partial charge in [0, 0.05) is 4.70 Å². The molecule has 0 aliphatic rings. The first-order valence-corrected chi connectivity index (χ1v) is 5.00. The van der Waals surface area contributed by atoms with Gasteiger partial charge in [-0.25, -0.2) is 4.39 Å². The van der Waals surface area contributed by atoms with Gasteiger partial charge in [-0.2, -0.15) is 0 Å². The molecule has 2 N–H and O–H groups in total. The highest BCUT2D eigenvalue weighted by molar-refractivity contribution is 7.22. The van der Waals surface area contributed by atoms with Crippen LogP contribution in [0.25, 0.3) is 10.1 Å². The summed E-state index contributed by atoms with van der Waals surface area (Å²) >= 11 is 1.42. The number of nitrogens with two attached hydrogens (primary N) is 1. The average molecular weight is 195 g/mol. The zero-order valence-electron chi connectivity index (χ0n) is 7.30. The highest BCUT2D eigenvalue weighted by Crippen LogP contribution is 2.29. The van der Waals surface area contributed by atoms with Crippen molar-refractivity contribution in [1.82, 2.24) is 0 Å². The minimum absolute atomic E-state index is 0.128. The van der Waals surface area contributed by atoms with E-state index >= 15 is 0 Å². The van der Waals surface area contributed by atoms with Crippen LogP contribution in [0.15, 0.2) is 18.2 Å². The molecule has 2 rings (SSSR count). The first-order chi connectivity index (χ1) is 6.20. The summed E-state index contributed by atoms with van der Waals surface area (Å²) in [7, 11) is 0. The predicted molar refractivity (Wildman–Crippen MR) is 55.6 cm³/mol. The summed E-state index contributed by atoms with van der Waals surface area (Å²) in [6.07, 6.45) is 0.720. The van der Waals surface area contributed by atoms with Crippen molar-refractivity contribution in [3.8, 4) is 0 Å². The van der Waals surface area contributed by atoms with Gasteiger partial charge < -0.3 is 5.73 Å². The molecular weight excluding hydrogens is 185 g/mol. The number of halogens is 1. The summed E-state index contributed by atoms with van der Waals surface area (Å²) in [5, 5.41) is 1.78. The van der Waals surface area contributed by atoms with Crippen LogP contribution in [0.3, 0.4) is 0 Å². The number of anilines is 1. The van der Waals surface area contributed by atoms with E-state index in [2.05, 4.69) is 0 Å². The monoisotopic (exact) mass is 195 g/mol. The molecule has 1 nitrogen and oxygen atoms in total. The van der Waals surface area contributed by atoms with Crippen molar-refractivity contribution in [1.29, 1.82) is 0 Å². The number of hydrogen-bond acceptors (Lipinski definition) is 2. The molecule has 0 saturated heterocycles. The molecule has 0 unspecified atom stereocenters. The third-order valence-corrected chi connectivity index (χ3v) is 3.01. The third kappa shape index (κ3) is 1.40. The van der Waals surface area contributed by atoms with Crippen LogP contribution in [0.5, 0.6) is 0 Å². The second kappa shape index (κ2) is 3.00. The number of aryl methyl sites for hydroxylation is 1. The van der Waals surface area contributed by atoms with Crippen molar-refractivity contribution in [2.45, 2.75) is 13.3 Å². The lowest BCUT2D eigenvalue weighted by molar-refractivity contribution is 0.614. The van der Waals surface area contributed by atoms with Crippen LogP contribution in [0.1, 0.15) is 12.5 Å². The van der Waals surface area contributed by atoms with Gasteiger partial charge in [-0.15, -0.1) is 11.3 Å². The van der Waals surface area contributed by atoms with E-state index < -0.39 is 0 Å². The quantitative estimate of drug-likeness (QED) is 0.743. The van der Waals surface area contributed by atoms with Crippen molar-refractivity contribution in [3.05, 3.63) is 29.6 Å². The Morgan fingerprint density at radius 3 is 2.85 bits per heavy atom. The van der Waals surface area contributed by atoms with Gasteiger partial charge in [0.05, 0.1) is 5.00 Å². The highest BCUT2D eigenvalue weighted by atomic mass is 32.1. The summed E-state index contributed by atoms with van der Waals surface area (Å²) in [6.45, 7) is 1.94. The maximum Gasteiger partial charge on any atom is 0.127 e. The molecule has 1 aromatic carbocycles. The molecule has 0 atom stereocenters. The Hall–Kier alpha value is -1.09. The Labute approximate surface area is 80.0 Å². The van der Waals surface area contributed by atoms with Crippen LogP contribution in [0.4, 0.5) is 9.39 Å². The molecule has 0 amide bonds. The smallest absolute Gasteiger partial charge is 0.127 e. The van der Waals surface area contributed by atoms with Crippen molar-refractivity contribution < 1.29 is 4.39 Å². The fourth-order valence-corrected chi connectivity index (χ4v) is 2.24. The van der Waals surface area contributed by atoms with Crippen molar-refractivity contribution >= 4 is 26.4 Å². The fourth-order valence-electron chi connectivity index (χ4n) is 1.40. The molecule has 0 spiro atoms. The van der Waals surface area contributed by atoms with Gasteiger partial charge in [-0.05, 0) is 35.6 Å². The molecule has 0 radical (unpaired) electrons. The summed E-state index contributed by atoms with van der Waals surface area (Å²) in [5.41, 5.74) is 6.38. The van der Waals surface area contributed by atoms with Crippen LogP contribution in [0.2, 0.25) is 0 Å². The largest absolute Gasteiger partial charge is 0.391 e. The molecule has 1 heterocycles. The lowest BCUT2D eigenvalue weighted by Crippen LogP contribution is -1.85. The van der Waals surface area contributed by atoms with Gasteiger partial charge in [0.25, 0.3) is 0 Å². The molecular formula is C10H10FNS.